The third-order valence-electron chi connectivity index (χ3n) is 4.33. The van der Waals surface area contributed by atoms with Gasteiger partial charge in [0.25, 0.3) is 0 Å². The van der Waals surface area contributed by atoms with Crippen molar-refractivity contribution in [3.63, 3.8) is 0 Å². The monoisotopic (exact) mass is 441 g/mol. The highest BCUT2D eigenvalue weighted by Gasteiger charge is 2.17. The van der Waals surface area contributed by atoms with Crippen molar-refractivity contribution >= 4 is 33.2 Å². The SMILES string of the molecule is C[C@H](CNCCc1cccc(F)c1F)NS(=O)(=O)c1ccc2cnccc2c1.Cl. The number of fused-ring (bicyclic) bond motifs is 1. The predicted octanol–water partition coefficient (Wildman–Crippen LogP) is 3.43. The van der Waals surface area contributed by atoms with Crippen molar-refractivity contribution in [2.45, 2.75) is 24.3 Å². The van der Waals surface area contributed by atoms with Crippen molar-refractivity contribution in [2.75, 3.05) is 13.1 Å². The maximum Gasteiger partial charge on any atom is 0.240 e. The summed E-state index contributed by atoms with van der Waals surface area (Å²) in [4.78, 5) is 4.19. The maximum absolute atomic E-state index is 13.6. The minimum atomic E-state index is -3.67. The summed E-state index contributed by atoms with van der Waals surface area (Å²) in [5.41, 5.74) is 0.284. The molecule has 0 bridgehead atoms. The first-order chi connectivity index (χ1) is 13.4. The van der Waals surface area contributed by atoms with Crippen LogP contribution in [0.2, 0.25) is 0 Å². The van der Waals surface area contributed by atoms with Gasteiger partial charge >= 0.3 is 0 Å². The summed E-state index contributed by atoms with van der Waals surface area (Å²) in [7, 11) is -3.67. The number of hydrogen-bond acceptors (Lipinski definition) is 4. The van der Waals surface area contributed by atoms with Crippen molar-refractivity contribution in [1.29, 1.82) is 0 Å². The van der Waals surface area contributed by atoms with Gasteiger partial charge in [0.1, 0.15) is 0 Å². The highest BCUT2D eigenvalue weighted by molar-refractivity contribution is 7.89. The Morgan fingerprint density at radius 2 is 1.90 bits per heavy atom. The molecule has 0 unspecified atom stereocenters. The van der Waals surface area contributed by atoms with E-state index in [1.54, 1.807) is 43.6 Å². The molecule has 0 aliphatic rings. The lowest BCUT2D eigenvalue weighted by atomic mass is 10.1. The van der Waals surface area contributed by atoms with Crippen LogP contribution in [-0.2, 0) is 16.4 Å². The molecule has 0 spiro atoms. The number of hydrogen-bond donors (Lipinski definition) is 2. The number of pyridine rings is 1. The molecule has 1 atom stereocenters. The Balaban J connectivity index is 0.00000300. The Kier molecular flexibility index (Phi) is 8.04. The smallest absolute Gasteiger partial charge is 0.240 e. The second-order valence-corrected chi connectivity index (χ2v) is 8.29. The molecule has 0 saturated carbocycles. The Bertz CT molecular complexity index is 1080. The maximum atomic E-state index is 13.6. The normalized spacial score (nSPS) is 12.5. The third-order valence-corrected chi connectivity index (χ3v) is 5.92. The van der Waals surface area contributed by atoms with Crippen LogP contribution in [-0.4, -0.2) is 32.5 Å². The van der Waals surface area contributed by atoms with Gasteiger partial charge in [-0.25, -0.2) is 21.9 Å². The number of benzene rings is 2. The number of halogens is 3. The van der Waals surface area contributed by atoms with Crippen LogP contribution >= 0.6 is 12.4 Å². The topological polar surface area (TPSA) is 71.1 Å². The second kappa shape index (κ2) is 10.1. The lowest BCUT2D eigenvalue weighted by molar-refractivity contribution is 0.494. The van der Waals surface area contributed by atoms with Crippen LogP contribution in [0.15, 0.2) is 59.8 Å². The fourth-order valence-electron chi connectivity index (χ4n) is 2.89. The first kappa shape index (κ1) is 23.2. The van der Waals surface area contributed by atoms with Gasteiger partial charge in [-0.15, -0.1) is 12.4 Å². The van der Waals surface area contributed by atoms with Crippen LogP contribution in [0.25, 0.3) is 10.8 Å². The van der Waals surface area contributed by atoms with E-state index in [4.69, 9.17) is 0 Å². The first-order valence-corrected chi connectivity index (χ1v) is 10.3. The zero-order chi connectivity index (χ0) is 20.1. The molecule has 0 radical (unpaired) electrons. The van der Waals surface area contributed by atoms with Gasteiger partial charge in [0.05, 0.1) is 4.90 Å². The lowest BCUT2D eigenvalue weighted by Crippen LogP contribution is -2.40. The van der Waals surface area contributed by atoms with Crippen LogP contribution in [0.4, 0.5) is 8.78 Å². The molecule has 5 nitrogen and oxygen atoms in total. The Hall–Kier alpha value is -2.13. The molecular formula is C20H22ClF2N3O2S. The summed E-state index contributed by atoms with van der Waals surface area (Å²) in [6, 6.07) is 10.3. The highest BCUT2D eigenvalue weighted by Crippen LogP contribution is 2.18. The predicted molar refractivity (Wildman–Crippen MR) is 112 cm³/mol. The summed E-state index contributed by atoms with van der Waals surface area (Å²) in [6.45, 7) is 2.49. The van der Waals surface area contributed by atoms with E-state index < -0.39 is 21.7 Å². The van der Waals surface area contributed by atoms with Gasteiger partial charge in [-0.1, -0.05) is 18.2 Å². The molecule has 2 aromatic carbocycles. The van der Waals surface area contributed by atoms with Gasteiger partial charge < -0.3 is 5.32 Å². The molecule has 29 heavy (non-hydrogen) atoms. The molecule has 3 rings (SSSR count). The minimum Gasteiger partial charge on any atom is -0.315 e. The molecule has 1 aromatic heterocycles. The number of sulfonamides is 1. The van der Waals surface area contributed by atoms with Gasteiger partial charge in [-0.3, -0.25) is 4.98 Å². The molecule has 2 N–H and O–H groups in total. The Morgan fingerprint density at radius 3 is 2.69 bits per heavy atom. The van der Waals surface area contributed by atoms with Crippen LogP contribution in [0, 0.1) is 11.6 Å². The van der Waals surface area contributed by atoms with E-state index in [1.807, 2.05) is 0 Å². The molecule has 1 heterocycles. The van der Waals surface area contributed by atoms with Crippen molar-refractivity contribution in [1.82, 2.24) is 15.0 Å². The summed E-state index contributed by atoms with van der Waals surface area (Å²) in [5.74, 6) is -1.71. The summed E-state index contributed by atoms with van der Waals surface area (Å²) in [5, 5.41) is 4.71. The first-order valence-electron chi connectivity index (χ1n) is 8.86. The highest BCUT2D eigenvalue weighted by atomic mass is 35.5. The summed E-state index contributed by atoms with van der Waals surface area (Å²) >= 11 is 0. The van der Waals surface area contributed by atoms with E-state index >= 15 is 0 Å². The van der Waals surface area contributed by atoms with Crippen LogP contribution in [0.3, 0.4) is 0 Å². The standard InChI is InChI=1S/C20H21F2N3O2S.ClH/c1-14(12-23-9-7-15-3-2-4-19(21)20(15)22)25-28(26,27)18-6-5-17-13-24-10-8-16(17)11-18;/h2-6,8,10-11,13-14,23,25H,7,9,12H2,1H3;1H/t14-;/m1./s1. The number of nitrogens with one attached hydrogen (secondary N) is 2. The number of rotatable bonds is 8. The molecule has 0 fully saturated rings. The van der Waals surface area contributed by atoms with Crippen LogP contribution < -0.4 is 10.0 Å². The molecule has 3 aromatic rings. The fourth-order valence-corrected chi connectivity index (χ4v) is 4.16. The molecule has 0 amide bonds. The van der Waals surface area contributed by atoms with Gasteiger partial charge in [-0.05, 0) is 55.1 Å². The van der Waals surface area contributed by atoms with Crippen LogP contribution in [0.1, 0.15) is 12.5 Å². The quantitative estimate of drug-likeness (QED) is 0.525. The van der Waals surface area contributed by atoms with E-state index in [2.05, 4.69) is 15.0 Å². The van der Waals surface area contributed by atoms with E-state index in [9.17, 15) is 17.2 Å². The van der Waals surface area contributed by atoms with Gasteiger partial charge in [0.15, 0.2) is 11.6 Å². The van der Waals surface area contributed by atoms with Crippen LogP contribution in [0.5, 0.6) is 0 Å². The van der Waals surface area contributed by atoms with Gasteiger partial charge in [0, 0.05) is 30.4 Å². The van der Waals surface area contributed by atoms with Crippen molar-refractivity contribution in [3.8, 4) is 0 Å². The summed E-state index contributed by atoms with van der Waals surface area (Å²) < 4.78 is 54.6. The van der Waals surface area contributed by atoms with Gasteiger partial charge in [-0.2, -0.15) is 0 Å². The fraction of sp³-hybridized carbons (Fsp3) is 0.250. The Labute approximate surface area is 175 Å². The summed E-state index contributed by atoms with van der Waals surface area (Å²) in [6.07, 6.45) is 3.59. The van der Waals surface area contributed by atoms with E-state index in [0.29, 0.717) is 19.5 Å². The van der Waals surface area contributed by atoms with E-state index in [0.717, 1.165) is 16.8 Å². The van der Waals surface area contributed by atoms with E-state index in [-0.39, 0.29) is 28.9 Å². The molecular weight excluding hydrogens is 420 g/mol. The van der Waals surface area contributed by atoms with Crippen molar-refractivity contribution in [2.24, 2.45) is 0 Å². The number of nitrogens with zero attached hydrogens (tertiary/aromatic N) is 1. The van der Waals surface area contributed by atoms with Crippen molar-refractivity contribution in [3.05, 3.63) is 72.1 Å². The van der Waals surface area contributed by atoms with Gasteiger partial charge in [0.2, 0.25) is 10.0 Å². The van der Waals surface area contributed by atoms with Crippen molar-refractivity contribution < 1.29 is 17.2 Å². The zero-order valence-corrected chi connectivity index (χ0v) is 17.4. The molecule has 9 heteroatoms. The second-order valence-electron chi connectivity index (χ2n) is 6.57. The molecule has 0 aliphatic carbocycles. The molecule has 156 valence electrons. The van der Waals surface area contributed by atoms with E-state index in [1.165, 1.54) is 12.1 Å². The molecule has 0 saturated heterocycles. The Morgan fingerprint density at radius 1 is 1.10 bits per heavy atom. The third kappa shape index (κ3) is 5.93. The average Bonchev–Trinajstić information content (AvgIpc) is 2.67. The lowest BCUT2D eigenvalue weighted by Gasteiger charge is -2.15. The average molecular weight is 442 g/mol. The zero-order valence-electron chi connectivity index (χ0n) is 15.7. The number of aromatic nitrogens is 1. The largest absolute Gasteiger partial charge is 0.315 e. The minimum absolute atomic E-state index is 0. The molecule has 0 aliphatic heterocycles.